The van der Waals surface area contributed by atoms with Gasteiger partial charge < -0.3 is 10.1 Å². The molecule has 22 heavy (non-hydrogen) atoms. The predicted molar refractivity (Wildman–Crippen MR) is 89.0 cm³/mol. The molecule has 116 valence electrons. The summed E-state index contributed by atoms with van der Waals surface area (Å²) in [5.74, 6) is 0.624. The number of hydrogen-bond acceptors (Lipinski definition) is 2. The molecule has 0 heterocycles. The topological polar surface area (TPSA) is 38.3 Å². The van der Waals surface area contributed by atoms with Crippen molar-refractivity contribution in [2.75, 3.05) is 0 Å². The lowest BCUT2D eigenvalue weighted by atomic mass is 10.1. The fourth-order valence-corrected chi connectivity index (χ4v) is 2.39. The molecule has 0 aromatic heterocycles. The Morgan fingerprint density at radius 1 is 1.09 bits per heavy atom. The maximum absolute atomic E-state index is 12.2. The second-order valence-corrected chi connectivity index (χ2v) is 5.73. The number of benzene rings is 2. The Balaban J connectivity index is 1.93. The number of ether oxygens (including phenoxy) is 1. The van der Waals surface area contributed by atoms with Gasteiger partial charge in [0, 0.05) is 6.54 Å². The van der Waals surface area contributed by atoms with Crippen LogP contribution in [0.2, 0.25) is 0 Å². The van der Waals surface area contributed by atoms with Gasteiger partial charge in [-0.2, -0.15) is 0 Å². The third-order valence-corrected chi connectivity index (χ3v) is 3.59. The molecule has 0 fully saturated rings. The van der Waals surface area contributed by atoms with Crippen molar-refractivity contribution < 1.29 is 9.53 Å². The number of carbonyl (C=O) groups excluding carboxylic acids is 1. The summed E-state index contributed by atoms with van der Waals surface area (Å²) in [6.07, 6.45) is -0.523. The van der Waals surface area contributed by atoms with Crippen molar-refractivity contribution in [3.63, 3.8) is 0 Å². The molecule has 0 aliphatic rings. The first-order chi connectivity index (χ1) is 10.5. The number of carbonyl (C=O) groups is 1. The monoisotopic (exact) mass is 297 g/mol. The van der Waals surface area contributed by atoms with Gasteiger partial charge >= 0.3 is 0 Å². The van der Waals surface area contributed by atoms with Crippen LogP contribution in [0.15, 0.2) is 42.5 Å². The van der Waals surface area contributed by atoms with Gasteiger partial charge in [-0.25, -0.2) is 0 Å². The zero-order valence-electron chi connectivity index (χ0n) is 13.6. The smallest absolute Gasteiger partial charge is 0.261 e. The SMILES string of the molecule is Cc1cc(C)cc(OC(C)C(=O)NCc2ccccc2C)c1. The maximum atomic E-state index is 12.2. The molecule has 3 nitrogen and oxygen atoms in total. The molecular weight excluding hydrogens is 274 g/mol. The highest BCUT2D eigenvalue weighted by molar-refractivity contribution is 5.80. The molecule has 2 aromatic rings. The third-order valence-electron chi connectivity index (χ3n) is 3.59. The molecule has 0 aliphatic heterocycles. The van der Waals surface area contributed by atoms with Gasteiger partial charge in [0.2, 0.25) is 0 Å². The minimum Gasteiger partial charge on any atom is -0.481 e. The van der Waals surface area contributed by atoms with E-state index in [0.717, 1.165) is 22.4 Å². The zero-order chi connectivity index (χ0) is 16.1. The van der Waals surface area contributed by atoms with Gasteiger partial charge in [0.1, 0.15) is 5.75 Å². The molecule has 3 heteroatoms. The van der Waals surface area contributed by atoms with Crippen molar-refractivity contribution in [2.24, 2.45) is 0 Å². The highest BCUT2D eigenvalue weighted by Gasteiger charge is 2.14. The number of nitrogens with one attached hydrogen (secondary N) is 1. The van der Waals surface area contributed by atoms with Crippen LogP contribution in [0.4, 0.5) is 0 Å². The molecule has 0 aliphatic carbocycles. The van der Waals surface area contributed by atoms with Gasteiger partial charge in [0.15, 0.2) is 6.10 Å². The quantitative estimate of drug-likeness (QED) is 0.914. The van der Waals surface area contributed by atoms with Gasteiger partial charge in [-0.15, -0.1) is 0 Å². The van der Waals surface area contributed by atoms with E-state index < -0.39 is 6.10 Å². The largest absolute Gasteiger partial charge is 0.481 e. The van der Waals surface area contributed by atoms with Crippen LogP contribution in [0.3, 0.4) is 0 Å². The van der Waals surface area contributed by atoms with Crippen LogP contribution in [-0.4, -0.2) is 12.0 Å². The van der Waals surface area contributed by atoms with Gasteiger partial charge in [-0.3, -0.25) is 4.79 Å². The molecule has 0 saturated carbocycles. The Labute approximate surface area is 132 Å². The lowest BCUT2D eigenvalue weighted by molar-refractivity contribution is -0.127. The standard InChI is InChI=1S/C19H23NO2/c1-13-9-14(2)11-18(10-13)22-16(4)19(21)20-12-17-8-6-5-7-15(17)3/h5-11,16H,12H2,1-4H3,(H,20,21). The van der Waals surface area contributed by atoms with E-state index in [9.17, 15) is 4.79 Å². The van der Waals surface area contributed by atoms with E-state index in [2.05, 4.69) is 11.4 Å². The Morgan fingerprint density at radius 3 is 2.36 bits per heavy atom. The van der Waals surface area contributed by atoms with E-state index in [0.29, 0.717) is 6.54 Å². The second kappa shape index (κ2) is 7.12. The summed E-state index contributed by atoms with van der Waals surface area (Å²) >= 11 is 0. The first-order valence-electron chi connectivity index (χ1n) is 7.53. The van der Waals surface area contributed by atoms with E-state index in [1.165, 1.54) is 5.56 Å². The van der Waals surface area contributed by atoms with Crippen LogP contribution in [0, 0.1) is 20.8 Å². The fourth-order valence-electron chi connectivity index (χ4n) is 2.39. The van der Waals surface area contributed by atoms with E-state index in [-0.39, 0.29) is 5.91 Å². The molecule has 1 N–H and O–H groups in total. The minimum atomic E-state index is -0.523. The summed E-state index contributed by atoms with van der Waals surface area (Å²) in [5, 5.41) is 2.93. The van der Waals surface area contributed by atoms with Crippen molar-refractivity contribution in [2.45, 2.75) is 40.3 Å². The van der Waals surface area contributed by atoms with Crippen LogP contribution in [0.1, 0.15) is 29.2 Å². The number of amides is 1. The Morgan fingerprint density at radius 2 is 1.73 bits per heavy atom. The van der Waals surface area contributed by atoms with Crippen LogP contribution in [0.5, 0.6) is 5.75 Å². The molecule has 0 saturated heterocycles. The van der Waals surface area contributed by atoms with Crippen molar-refractivity contribution in [3.05, 3.63) is 64.7 Å². The zero-order valence-corrected chi connectivity index (χ0v) is 13.6. The van der Waals surface area contributed by atoms with Crippen molar-refractivity contribution in [1.29, 1.82) is 0 Å². The van der Waals surface area contributed by atoms with E-state index in [1.807, 2.05) is 57.2 Å². The summed E-state index contributed by atoms with van der Waals surface area (Å²) in [6.45, 7) is 8.36. The van der Waals surface area contributed by atoms with Crippen molar-refractivity contribution in [1.82, 2.24) is 5.32 Å². The van der Waals surface area contributed by atoms with Gasteiger partial charge in [0.05, 0.1) is 0 Å². The predicted octanol–water partition coefficient (Wildman–Crippen LogP) is 3.70. The lowest BCUT2D eigenvalue weighted by Crippen LogP contribution is -2.36. The minimum absolute atomic E-state index is 0.109. The summed E-state index contributed by atoms with van der Waals surface area (Å²) < 4.78 is 5.74. The van der Waals surface area contributed by atoms with Crippen LogP contribution >= 0.6 is 0 Å². The van der Waals surface area contributed by atoms with Gasteiger partial charge in [-0.1, -0.05) is 30.3 Å². The maximum Gasteiger partial charge on any atom is 0.261 e. The number of aryl methyl sites for hydroxylation is 3. The van der Waals surface area contributed by atoms with E-state index >= 15 is 0 Å². The number of hydrogen-bond donors (Lipinski definition) is 1. The fraction of sp³-hybridized carbons (Fsp3) is 0.316. The molecule has 1 amide bonds. The molecule has 2 rings (SSSR count). The molecular formula is C19H23NO2. The lowest BCUT2D eigenvalue weighted by Gasteiger charge is -2.16. The molecule has 1 atom stereocenters. The molecule has 0 spiro atoms. The average Bonchev–Trinajstić information content (AvgIpc) is 2.45. The van der Waals surface area contributed by atoms with Crippen molar-refractivity contribution >= 4 is 5.91 Å². The third kappa shape index (κ3) is 4.35. The van der Waals surface area contributed by atoms with E-state index in [4.69, 9.17) is 4.74 Å². The van der Waals surface area contributed by atoms with Gasteiger partial charge in [0.25, 0.3) is 5.91 Å². The second-order valence-electron chi connectivity index (χ2n) is 5.73. The first-order valence-corrected chi connectivity index (χ1v) is 7.53. The highest BCUT2D eigenvalue weighted by Crippen LogP contribution is 2.17. The summed E-state index contributed by atoms with van der Waals surface area (Å²) in [6, 6.07) is 14.0. The van der Waals surface area contributed by atoms with Crippen LogP contribution in [0.25, 0.3) is 0 Å². The normalized spacial score (nSPS) is 11.8. The molecule has 0 bridgehead atoms. The Hall–Kier alpha value is -2.29. The molecule has 1 unspecified atom stereocenters. The highest BCUT2D eigenvalue weighted by atomic mass is 16.5. The van der Waals surface area contributed by atoms with Crippen molar-refractivity contribution in [3.8, 4) is 5.75 Å². The molecule has 2 aromatic carbocycles. The average molecular weight is 297 g/mol. The Kier molecular flexibility index (Phi) is 5.21. The molecule has 0 radical (unpaired) electrons. The first kappa shape index (κ1) is 16.1. The Bertz CT molecular complexity index is 644. The van der Waals surface area contributed by atoms with Crippen LogP contribution < -0.4 is 10.1 Å². The number of rotatable bonds is 5. The summed E-state index contributed by atoms with van der Waals surface area (Å²) in [5.41, 5.74) is 4.55. The van der Waals surface area contributed by atoms with E-state index in [1.54, 1.807) is 6.92 Å². The summed E-state index contributed by atoms with van der Waals surface area (Å²) in [4.78, 5) is 12.2. The van der Waals surface area contributed by atoms with Crippen LogP contribution in [-0.2, 0) is 11.3 Å². The van der Waals surface area contributed by atoms with Gasteiger partial charge in [-0.05, 0) is 62.1 Å². The summed E-state index contributed by atoms with van der Waals surface area (Å²) in [7, 11) is 0.